The van der Waals surface area contributed by atoms with Gasteiger partial charge in [0.05, 0.1) is 12.5 Å². The topological polar surface area (TPSA) is 46.9 Å². The molecule has 5 heteroatoms. The monoisotopic (exact) mass is 323 g/mol. The van der Waals surface area contributed by atoms with Gasteiger partial charge in [-0.3, -0.25) is 4.79 Å². The van der Waals surface area contributed by atoms with Crippen molar-refractivity contribution in [3.05, 3.63) is 84.1 Å². The van der Waals surface area contributed by atoms with E-state index < -0.39 is 0 Å². The van der Waals surface area contributed by atoms with Crippen LogP contribution in [0.3, 0.4) is 0 Å². The molecule has 1 aromatic carbocycles. The summed E-state index contributed by atoms with van der Waals surface area (Å²) in [6.45, 7) is 1.89. The van der Waals surface area contributed by atoms with E-state index in [0.717, 1.165) is 11.1 Å². The van der Waals surface area contributed by atoms with Crippen molar-refractivity contribution in [3.8, 4) is 0 Å². The Hall–Kier alpha value is -2.95. The highest BCUT2D eigenvalue weighted by atomic mass is 19.1. The van der Waals surface area contributed by atoms with Crippen LogP contribution in [0.5, 0.6) is 0 Å². The summed E-state index contributed by atoms with van der Waals surface area (Å²) in [5, 5.41) is 2.83. The van der Waals surface area contributed by atoms with Gasteiger partial charge in [0, 0.05) is 18.6 Å². The first-order chi connectivity index (χ1) is 11.6. The van der Waals surface area contributed by atoms with Crippen molar-refractivity contribution in [1.29, 1.82) is 0 Å². The van der Waals surface area contributed by atoms with Crippen molar-refractivity contribution in [2.24, 2.45) is 0 Å². The van der Waals surface area contributed by atoms with Crippen LogP contribution in [0.15, 0.2) is 67.1 Å². The van der Waals surface area contributed by atoms with Crippen LogP contribution in [0.25, 0.3) is 0 Å². The van der Waals surface area contributed by atoms with Gasteiger partial charge in [0.2, 0.25) is 5.91 Å². The largest absolute Gasteiger partial charge is 0.346 e. The second kappa shape index (κ2) is 7.08. The molecule has 0 radical (unpaired) electrons. The fourth-order valence-electron chi connectivity index (χ4n) is 2.64. The minimum Gasteiger partial charge on any atom is -0.346 e. The maximum absolute atomic E-state index is 13.6. The molecule has 0 aliphatic heterocycles. The lowest BCUT2D eigenvalue weighted by atomic mass is 10.0. The van der Waals surface area contributed by atoms with E-state index in [1.807, 2.05) is 54.2 Å². The van der Waals surface area contributed by atoms with E-state index in [0.29, 0.717) is 5.82 Å². The molecule has 0 aliphatic rings. The first-order valence-corrected chi connectivity index (χ1v) is 7.73. The summed E-state index contributed by atoms with van der Waals surface area (Å²) in [6, 6.07) is 13.5. The third kappa shape index (κ3) is 3.68. The van der Waals surface area contributed by atoms with Crippen LogP contribution in [-0.2, 0) is 4.79 Å². The van der Waals surface area contributed by atoms with E-state index in [4.69, 9.17) is 0 Å². The second-order valence-electron chi connectivity index (χ2n) is 5.62. The number of aromatic nitrogens is 2. The highest BCUT2D eigenvalue weighted by Gasteiger charge is 2.18. The summed E-state index contributed by atoms with van der Waals surface area (Å²) in [5.41, 5.74) is 1.65. The van der Waals surface area contributed by atoms with Gasteiger partial charge in [-0.15, -0.1) is 0 Å². The van der Waals surface area contributed by atoms with Gasteiger partial charge in [0.15, 0.2) is 0 Å². The number of benzene rings is 1. The zero-order valence-electron chi connectivity index (χ0n) is 13.3. The van der Waals surface area contributed by atoms with Gasteiger partial charge >= 0.3 is 0 Å². The molecular weight excluding hydrogens is 305 g/mol. The highest BCUT2D eigenvalue weighted by molar-refractivity contribution is 5.90. The minimum absolute atomic E-state index is 0.167. The molecule has 3 aromatic rings. The van der Waals surface area contributed by atoms with Gasteiger partial charge in [-0.1, -0.05) is 18.2 Å². The predicted octanol–water partition coefficient (Wildman–Crippen LogP) is 3.95. The summed E-state index contributed by atoms with van der Waals surface area (Å²) in [6.07, 6.45) is 5.57. The molecule has 0 saturated carbocycles. The number of anilines is 1. The Kier molecular flexibility index (Phi) is 4.70. The van der Waals surface area contributed by atoms with Crippen LogP contribution in [0, 0.1) is 12.7 Å². The molecule has 0 saturated heterocycles. The lowest BCUT2D eigenvalue weighted by Gasteiger charge is -2.19. The lowest BCUT2D eigenvalue weighted by molar-refractivity contribution is -0.116. The Morgan fingerprint density at radius 3 is 2.71 bits per heavy atom. The van der Waals surface area contributed by atoms with Crippen LogP contribution in [-0.4, -0.2) is 15.5 Å². The standard InChI is InChI=1S/C19H18FN3O/c1-14-6-5-9-21-19(14)22-18(24)13-17(23-10-2-3-11-23)15-7-4-8-16(20)12-15/h2-12,17H,13H2,1H3,(H,21,22,24)/t17-/m0/s1. The maximum atomic E-state index is 13.6. The van der Waals surface area contributed by atoms with E-state index in [9.17, 15) is 9.18 Å². The number of rotatable bonds is 5. The predicted molar refractivity (Wildman–Crippen MR) is 91.2 cm³/mol. The van der Waals surface area contributed by atoms with Gasteiger partial charge in [-0.2, -0.15) is 0 Å². The number of hydrogen-bond donors (Lipinski definition) is 1. The quantitative estimate of drug-likeness (QED) is 0.773. The van der Waals surface area contributed by atoms with Crippen LogP contribution >= 0.6 is 0 Å². The molecule has 24 heavy (non-hydrogen) atoms. The third-order valence-electron chi connectivity index (χ3n) is 3.87. The van der Waals surface area contributed by atoms with E-state index >= 15 is 0 Å². The number of nitrogens with one attached hydrogen (secondary N) is 1. The van der Waals surface area contributed by atoms with Crippen LogP contribution in [0.2, 0.25) is 0 Å². The number of aryl methyl sites for hydroxylation is 1. The third-order valence-corrected chi connectivity index (χ3v) is 3.87. The molecule has 0 unspecified atom stereocenters. The number of pyridine rings is 1. The normalized spacial score (nSPS) is 11.9. The first kappa shape index (κ1) is 15.9. The van der Waals surface area contributed by atoms with Crippen molar-refractivity contribution in [2.45, 2.75) is 19.4 Å². The zero-order chi connectivity index (χ0) is 16.9. The second-order valence-corrected chi connectivity index (χ2v) is 5.62. The number of carbonyl (C=O) groups excluding carboxylic acids is 1. The molecule has 122 valence electrons. The molecule has 2 aromatic heterocycles. The van der Waals surface area contributed by atoms with Crippen molar-refractivity contribution in [3.63, 3.8) is 0 Å². The van der Waals surface area contributed by atoms with Crippen molar-refractivity contribution >= 4 is 11.7 Å². The van der Waals surface area contributed by atoms with Crippen molar-refractivity contribution in [2.75, 3.05) is 5.32 Å². The van der Waals surface area contributed by atoms with Gasteiger partial charge in [0.25, 0.3) is 0 Å². The van der Waals surface area contributed by atoms with E-state index in [1.165, 1.54) is 12.1 Å². The summed E-state index contributed by atoms with van der Waals surface area (Å²) in [5.74, 6) is 0.0680. The Labute approximate surface area is 140 Å². The Balaban J connectivity index is 1.82. The van der Waals surface area contributed by atoms with Crippen LogP contribution < -0.4 is 5.32 Å². The lowest BCUT2D eigenvalue weighted by Crippen LogP contribution is -2.20. The van der Waals surface area contributed by atoms with Crippen LogP contribution in [0.4, 0.5) is 10.2 Å². The van der Waals surface area contributed by atoms with Gasteiger partial charge in [-0.25, -0.2) is 9.37 Å². The maximum Gasteiger partial charge on any atom is 0.227 e. The number of hydrogen-bond acceptors (Lipinski definition) is 2. The SMILES string of the molecule is Cc1cccnc1NC(=O)C[C@@H](c1cccc(F)c1)n1cccc1. The summed E-state index contributed by atoms with van der Waals surface area (Å²) >= 11 is 0. The number of nitrogens with zero attached hydrogens (tertiary/aromatic N) is 2. The average molecular weight is 323 g/mol. The van der Waals surface area contributed by atoms with Gasteiger partial charge < -0.3 is 9.88 Å². The molecule has 1 N–H and O–H groups in total. The Bertz CT molecular complexity index is 830. The Morgan fingerprint density at radius 1 is 1.21 bits per heavy atom. The average Bonchev–Trinajstić information content (AvgIpc) is 3.09. The first-order valence-electron chi connectivity index (χ1n) is 7.73. The number of carbonyl (C=O) groups is 1. The fourth-order valence-corrected chi connectivity index (χ4v) is 2.64. The number of halogens is 1. The van der Waals surface area contributed by atoms with E-state index in [-0.39, 0.29) is 24.2 Å². The van der Waals surface area contributed by atoms with Crippen LogP contribution in [0.1, 0.15) is 23.6 Å². The zero-order valence-corrected chi connectivity index (χ0v) is 13.3. The summed E-state index contributed by atoms with van der Waals surface area (Å²) < 4.78 is 15.5. The molecule has 0 bridgehead atoms. The molecule has 4 nitrogen and oxygen atoms in total. The molecule has 2 heterocycles. The van der Waals surface area contributed by atoms with Gasteiger partial charge in [-0.05, 0) is 48.4 Å². The fraction of sp³-hybridized carbons (Fsp3) is 0.158. The van der Waals surface area contributed by atoms with E-state index in [1.54, 1.807) is 12.3 Å². The summed E-state index contributed by atoms with van der Waals surface area (Å²) in [7, 11) is 0. The molecule has 1 amide bonds. The van der Waals surface area contributed by atoms with Gasteiger partial charge in [0.1, 0.15) is 11.6 Å². The Morgan fingerprint density at radius 2 is 2.00 bits per heavy atom. The molecule has 3 rings (SSSR count). The molecule has 0 aliphatic carbocycles. The summed E-state index contributed by atoms with van der Waals surface area (Å²) in [4.78, 5) is 16.6. The molecule has 1 atom stereocenters. The number of amides is 1. The van der Waals surface area contributed by atoms with Crippen molar-refractivity contribution in [1.82, 2.24) is 9.55 Å². The highest BCUT2D eigenvalue weighted by Crippen LogP contribution is 2.24. The smallest absolute Gasteiger partial charge is 0.227 e. The molecule has 0 spiro atoms. The van der Waals surface area contributed by atoms with E-state index in [2.05, 4.69) is 10.3 Å². The minimum atomic E-state index is -0.314. The van der Waals surface area contributed by atoms with Crippen molar-refractivity contribution < 1.29 is 9.18 Å². The molecule has 0 fully saturated rings. The molecular formula is C19H18FN3O.